The molecule has 1 amide bonds. The van der Waals surface area contributed by atoms with Crippen molar-refractivity contribution in [2.24, 2.45) is 14.1 Å². The van der Waals surface area contributed by atoms with Crippen molar-refractivity contribution < 1.29 is 23.7 Å². The van der Waals surface area contributed by atoms with Gasteiger partial charge in [0, 0.05) is 24.4 Å². The van der Waals surface area contributed by atoms with Gasteiger partial charge >= 0.3 is 5.97 Å². The van der Waals surface area contributed by atoms with Crippen LogP contribution >= 0.6 is 0 Å². The number of aryl methyl sites for hydroxylation is 2. The van der Waals surface area contributed by atoms with Crippen LogP contribution in [0.15, 0.2) is 60.9 Å². The molecule has 2 aromatic heterocycles. The van der Waals surface area contributed by atoms with E-state index in [4.69, 9.17) is 4.74 Å². The first-order valence-electron chi connectivity index (χ1n) is 10.00. The summed E-state index contributed by atoms with van der Waals surface area (Å²) in [4.78, 5) is 37.0. The molecule has 160 valence electrons. The molecular weight excluding hydrogens is 394 g/mol. The molecule has 2 heterocycles. The zero-order valence-electron chi connectivity index (χ0n) is 17.9. The molecule has 3 rings (SSSR count). The Bertz CT molecular complexity index is 1100. The fourth-order valence-electron chi connectivity index (χ4n) is 3.16. The number of ether oxygens (including phenoxy) is 1. The molecule has 0 aliphatic heterocycles. The number of aromatic nitrogens is 2. The van der Waals surface area contributed by atoms with Crippen molar-refractivity contribution >= 4 is 17.7 Å². The fourth-order valence-corrected chi connectivity index (χ4v) is 3.16. The molecular formula is C24H26N3O4+. The highest BCUT2D eigenvalue weighted by Crippen LogP contribution is 2.15. The van der Waals surface area contributed by atoms with Crippen LogP contribution < -0.4 is 9.88 Å². The third kappa shape index (κ3) is 5.66. The summed E-state index contributed by atoms with van der Waals surface area (Å²) in [6.07, 6.45) is 3.59. The van der Waals surface area contributed by atoms with Gasteiger partial charge in [0.15, 0.2) is 12.4 Å². The van der Waals surface area contributed by atoms with Crippen LogP contribution in [0.2, 0.25) is 0 Å². The van der Waals surface area contributed by atoms with E-state index < -0.39 is 5.97 Å². The summed E-state index contributed by atoms with van der Waals surface area (Å²) in [5.74, 6) is -0.746. The number of hydrogen-bond acceptors (Lipinski definition) is 4. The molecule has 0 saturated heterocycles. The SMILES string of the molecule is Cc1ccc(C(=O)c2ccc(CC(=O)OCCNC(=O)c3ccc[n+](C)c3)n2C)cc1. The van der Waals surface area contributed by atoms with E-state index in [1.165, 1.54) is 0 Å². The highest BCUT2D eigenvalue weighted by Gasteiger charge is 2.17. The maximum atomic E-state index is 12.7. The minimum Gasteiger partial charge on any atom is -0.464 e. The molecule has 31 heavy (non-hydrogen) atoms. The Morgan fingerprint density at radius 3 is 2.48 bits per heavy atom. The molecule has 0 fully saturated rings. The lowest BCUT2D eigenvalue weighted by atomic mass is 10.1. The van der Waals surface area contributed by atoms with Crippen LogP contribution in [0.3, 0.4) is 0 Å². The number of amides is 1. The lowest BCUT2D eigenvalue weighted by Gasteiger charge is -2.09. The van der Waals surface area contributed by atoms with Crippen LogP contribution in [-0.2, 0) is 30.0 Å². The summed E-state index contributed by atoms with van der Waals surface area (Å²) in [5, 5.41) is 2.72. The maximum absolute atomic E-state index is 12.7. The lowest BCUT2D eigenvalue weighted by molar-refractivity contribution is -0.671. The summed E-state index contributed by atoms with van der Waals surface area (Å²) in [6, 6.07) is 14.3. The van der Waals surface area contributed by atoms with E-state index in [1.54, 1.807) is 58.8 Å². The first kappa shape index (κ1) is 22.0. The molecule has 7 heteroatoms. The van der Waals surface area contributed by atoms with Crippen molar-refractivity contribution in [3.8, 4) is 0 Å². The highest BCUT2D eigenvalue weighted by molar-refractivity contribution is 6.08. The first-order valence-corrected chi connectivity index (χ1v) is 10.00. The monoisotopic (exact) mass is 420 g/mol. The molecule has 0 radical (unpaired) electrons. The summed E-state index contributed by atoms with van der Waals surface area (Å²) in [7, 11) is 3.59. The smallest absolute Gasteiger partial charge is 0.311 e. The van der Waals surface area contributed by atoms with Crippen molar-refractivity contribution in [1.82, 2.24) is 9.88 Å². The molecule has 7 nitrogen and oxygen atoms in total. The number of hydrogen-bond donors (Lipinski definition) is 1. The molecule has 0 saturated carbocycles. The first-order chi connectivity index (χ1) is 14.8. The van der Waals surface area contributed by atoms with Gasteiger partial charge in [0.1, 0.15) is 19.2 Å². The van der Waals surface area contributed by atoms with Gasteiger partial charge in [-0.05, 0) is 25.1 Å². The Morgan fingerprint density at radius 1 is 1.03 bits per heavy atom. The van der Waals surface area contributed by atoms with Gasteiger partial charge in [0.25, 0.3) is 5.91 Å². The van der Waals surface area contributed by atoms with Gasteiger partial charge < -0.3 is 14.6 Å². The summed E-state index contributed by atoms with van der Waals surface area (Å²) < 4.78 is 8.71. The Morgan fingerprint density at radius 2 is 1.77 bits per heavy atom. The van der Waals surface area contributed by atoms with E-state index in [-0.39, 0.29) is 31.3 Å². The fraction of sp³-hybridized carbons (Fsp3) is 0.250. The standard InChI is InChI=1S/C24H25N3O4/c1-17-6-8-18(9-7-17)23(29)21-11-10-20(27(21)3)15-22(28)31-14-12-25-24(30)19-5-4-13-26(2)16-19/h4-11,13,16H,12,14-15H2,1-3H3/p+1. The number of carbonyl (C=O) groups excluding carboxylic acids is 3. The molecule has 1 aromatic carbocycles. The topological polar surface area (TPSA) is 81.3 Å². The van der Waals surface area contributed by atoms with Gasteiger partial charge in [-0.2, -0.15) is 0 Å². The Balaban J connectivity index is 1.49. The second kappa shape index (κ2) is 9.84. The van der Waals surface area contributed by atoms with Crippen LogP contribution in [0.5, 0.6) is 0 Å². The highest BCUT2D eigenvalue weighted by atomic mass is 16.5. The van der Waals surface area contributed by atoms with E-state index in [2.05, 4.69) is 5.32 Å². The Kier molecular flexibility index (Phi) is 6.97. The van der Waals surface area contributed by atoms with Crippen molar-refractivity contribution in [2.45, 2.75) is 13.3 Å². The average molecular weight is 420 g/mol. The number of benzene rings is 1. The normalized spacial score (nSPS) is 10.5. The zero-order chi connectivity index (χ0) is 22.4. The van der Waals surface area contributed by atoms with Crippen LogP contribution in [0.4, 0.5) is 0 Å². The van der Waals surface area contributed by atoms with E-state index in [9.17, 15) is 14.4 Å². The van der Waals surface area contributed by atoms with Gasteiger partial charge in [-0.1, -0.05) is 29.8 Å². The van der Waals surface area contributed by atoms with Crippen molar-refractivity contribution in [1.29, 1.82) is 0 Å². The van der Waals surface area contributed by atoms with Crippen molar-refractivity contribution in [3.05, 3.63) is 89.0 Å². The number of nitrogens with one attached hydrogen (secondary N) is 1. The number of esters is 1. The van der Waals surface area contributed by atoms with Crippen molar-refractivity contribution in [2.75, 3.05) is 13.2 Å². The van der Waals surface area contributed by atoms with Crippen molar-refractivity contribution in [3.63, 3.8) is 0 Å². The van der Waals surface area contributed by atoms with Crippen LogP contribution in [0, 0.1) is 6.92 Å². The van der Waals surface area contributed by atoms with Gasteiger partial charge in [-0.25, -0.2) is 4.57 Å². The van der Waals surface area contributed by atoms with Gasteiger partial charge in [-0.3, -0.25) is 14.4 Å². The molecule has 0 atom stereocenters. The minimum atomic E-state index is -0.420. The van der Waals surface area contributed by atoms with E-state index >= 15 is 0 Å². The predicted molar refractivity (Wildman–Crippen MR) is 115 cm³/mol. The van der Waals surface area contributed by atoms with Crippen LogP contribution in [0.25, 0.3) is 0 Å². The van der Waals surface area contributed by atoms with Gasteiger partial charge in [0.05, 0.1) is 18.7 Å². The molecule has 3 aromatic rings. The second-order valence-electron chi connectivity index (χ2n) is 7.38. The third-order valence-corrected chi connectivity index (χ3v) is 4.95. The lowest BCUT2D eigenvalue weighted by Crippen LogP contribution is -2.32. The van der Waals surface area contributed by atoms with Crippen LogP contribution in [-0.4, -0.2) is 35.4 Å². The molecule has 0 bridgehead atoms. The molecule has 0 aliphatic carbocycles. The molecule has 1 N–H and O–H groups in total. The minimum absolute atomic E-state index is 0.0418. The summed E-state index contributed by atoms with van der Waals surface area (Å²) in [6.45, 7) is 2.25. The Hall–Kier alpha value is -3.74. The largest absolute Gasteiger partial charge is 0.464 e. The zero-order valence-corrected chi connectivity index (χ0v) is 17.9. The summed E-state index contributed by atoms with van der Waals surface area (Å²) in [5.41, 5.74) is 3.41. The molecule has 0 unspecified atom stereocenters. The molecule has 0 aliphatic rings. The predicted octanol–water partition coefficient (Wildman–Crippen LogP) is 1.90. The maximum Gasteiger partial charge on any atom is 0.311 e. The second-order valence-corrected chi connectivity index (χ2v) is 7.38. The number of pyridine rings is 1. The van der Waals surface area contributed by atoms with E-state index in [0.29, 0.717) is 22.5 Å². The summed E-state index contributed by atoms with van der Waals surface area (Å²) >= 11 is 0. The number of carbonyl (C=O) groups is 3. The number of rotatable bonds is 8. The average Bonchev–Trinajstić information content (AvgIpc) is 3.11. The van der Waals surface area contributed by atoms with Gasteiger partial charge in [0.2, 0.25) is 5.78 Å². The van der Waals surface area contributed by atoms with E-state index in [0.717, 1.165) is 5.56 Å². The molecule has 0 spiro atoms. The third-order valence-electron chi connectivity index (χ3n) is 4.95. The number of ketones is 1. The Labute approximate surface area is 181 Å². The van der Waals surface area contributed by atoms with E-state index in [1.807, 2.05) is 32.3 Å². The van der Waals surface area contributed by atoms with Crippen LogP contribution in [0.1, 0.15) is 37.7 Å². The quantitative estimate of drug-likeness (QED) is 0.261. The van der Waals surface area contributed by atoms with Gasteiger partial charge in [-0.15, -0.1) is 0 Å². The number of nitrogens with zero attached hydrogens (tertiary/aromatic N) is 2.